The second kappa shape index (κ2) is 6.38. The molecule has 1 N–H and O–H groups in total. The summed E-state index contributed by atoms with van der Waals surface area (Å²) in [6.45, 7) is -0.176. The van der Waals surface area contributed by atoms with Crippen LogP contribution in [0.5, 0.6) is 0 Å². The molecule has 18 heavy (non-hydrogen) atoms. The van der Waals surface area contributed by atoms with Crippen molar-refractivity contribution in [3.8, 4) is 0 Å². The number of nitrogens with zero attached hydrogens (tertiary/aromatic N) is 2. The molecule has 0 fully saturated rings. The highest BCUT2D eigenvalue weighted by Gasteiger charge is 2.10. The maximum Gasteiger partial charge on any atom is 0.139 e. The minimum Gasteiger partial charge on any atom is -0.391 e. The zero-order valence-corrected chi connectivity index (χ0v) is 11.6. The molecule has 0 aliphatic heterocycles. The lowest BCUT2D eigenvalue weighted by molar-refractivity contribution is 0.277. The fourth-order valence-electron chi connectivity index (χ4n) is 1.39. The van der Waals surface area contributed by atoms with Crippen molar-refractivity contribution < 1.29 is 5.11 Å². The first-order valence-electron chi connectivity index (χ1n) is 5.19. The van der Waals surface area contributed by atoms with Crippen molar-refractivity contribution in [2.45, 2.75) is 17.4 Å². The van der Waals surface area contributed by atoms with E-state index in [4.69, 9.17) is 23.2 Å². The Bertz CT molecular complexity index is 551. The lowest BCUT2D eigenvalue weighted by Crippen LogP contribution is -1.95. The highest BCUT2D eigenvalue weighted by Crippen LogP contribution is 2.29. The van der Waals surface area contributed by atoms with Crippen molar-refractivity contribution in [3.05, 3.63) is 51.9 Å². The molecule has 1 aromatic carbocycles. The fourth-order valence-corrected chi connectivity index (χ4v) is 2.93. The van der Waals surface area contributed by atoms with E-state index in [-0.39, 0.29) is 11.8 Å². The lowest BCUT2D eigenvalue weighted by Gasteiger charge is -2.07. The first-order valence-corrected chi connectivity index (χ1v) is 6.93. The molecule has 0 radical (unpaired) electrons. The monoisotopic (exact) mass is 300 g/mol. The SMILES string of the molecule is OCc1c(Cl)ncnc1SCc1ccccc1Cl. The molecule has 0 aliphatic rings. The summed E-state index contributed by atoms with van der Waals surface area (Å²) in [4.78, 5) is 7.96. The van der Waals surface area contributed by atoms with Crippen LogP contribution in [0.3, 0.4) is 0 Å². The smallest absolute Gasteiger partial charge is 0.139 e. The summed E-state index contributed by atoms with van der Waals surface area (Å²) >= 11 is 13.4. The molecule has 0 saturated carbocycles. The average molecular weight is 301 g/mol. The molecule has 2 aromatic rings. The van der Waals surface area contributed by atoms with Gasteiger partial charge in [-0.25, -0.2) is 9.97 Å². The number of aromatic nitrogens is 2. The summed E-state index contributed by atoms with van der Waals surface area (Å²) in [5.41, 5.74) is 1.57. The summed E-state index contributed by atoms with van der Waals surface area (Å²) < 4.78 is 0. The normalized spacial score (nSPS) is 10.6. The van der Waals surface area contributed by atoms with Crippen molar-refractivity contribution in [2.24, 2.45) is 0 Å². The Balaban J connectivity index is 2.16. The van der Waals surface area contributed by atoms with E-state index in [0.717, 1.165) is 10.6 Å². The van der Waals surface area contributed by atoms with Crippen molar-refractivity contribution in [2.75, 3.05) is 0 Å². The van der Waals surface area contributed by atoms with Crippen LogP contribution >= 0.6 is 35.0 Å². The van der Waals surface area contributed by atoms with Gasteiger partial charge in [0, 0.05) is 16.3 Å². The van der Waals surface area contributed by atoms with E-state index in [1.807, 2.05) is 24.3 Å². The summed E-state index contributed by atoms with van der Waals surface area (Å²) in [5.74, 6) is 0.667. The van der Waals surface area contributed by atoms with Crippen LogP contribution in [0.1, 0.15) is 11.1 Å². The zero-order chi connectivity index (χ0) is 13.0. The third-order valence-corrected chi connectivity index (χ3v) is 4.11. The van der Waals surface area contributed by atoms with Crippen LogP contribution in [-0.4, -0.2) is 15.1 Å². The fraction of sp³-hybridized carbons (Fsp3) is 0.167. The van der Waals surface area contributed by atoms with Crippen molar-refractivity contribution in [3.63, 3.8) is 0 Å². The number of rotatable bonds is 4. The zero-order valence-electron chi connectivity index (χ0n) is 9.31. The first kappa shape index (κ1) is 13.6. The minimum atomic E-state index is -0.176. The van der Waals surface area contributed by atoms with Crippen LogP contribution in [0.15, 0.2) is 35.6 Å². The topological polar surface area (TPSA) is 46.0 Å². The number of benzene rings is 1. The van der Waals surface area contributed by atoms with Crippen LogP contribution in [0.4, 0.5) is 0 Å². The molecule has 3 nitrogen and oxygen atoms in total. The predicted octanol–water partition coefficient (Wildman–Crippen LogP) is 3.57. The number of aliphatic hydroxyl groups is 1. The molecule has 0 unspecified atom stereocenters. The Morgan fingerprint density at radius 3 is 2.67 bits per heavy atom. The van der Waals surface area contributed by atoms with Crippen molar-refractivity contribution in [1.29, 1.82) is 0 Å². The molecule has 0 spiro atoms. The van der Waals surface area contributed by atoms with Gasteiger partial charge in [0.05, 0.1) is 6.61 Å². The number of halogens is 2. The van der Waals surface area contributed by atoms with E-state index in [0.29, 0.717) is 16.3 Å². The molecule has 0 amide bonds. The van der Waals surface area contributed by atoms with Crippen molar-refractivity contribution in [1.82, 2.24) is 9.97 Å². The molecule has 0 saturated heterocycles. The van der Waals surface area contributed by atoms with Gasteiger partial charge in [-0.05, 0) is 11.6 Å². The van der Waals surface area contributed by atoms with Gasteiger partial charge in [-0.15, -0.1) is 11.8 Å². The second-order valence-corrected chi connectivity index (χ2v) is 5.22. The predicted molar refractivity (Wildman–Crippen MR) is 74.0 cm³/mol. The van der Waals surface area contributed by atoms with Gasteiger partial charge in [0.2, 0.25) is 0 Å². The van der Waals surface area contributed by atoms with Crippen LogP contribution in [-0.2, 0) is 12.4 Å². The molecule has 94 valence electrons. The van der Waals surface area contributed by atoms with Gasteiger partial charge < -0.3 is 5.11 Å². The van der Waals surface area contributed by atoms with E-state index in [1.165, 1.54) is 18.1 Å². The second-order valence-electron chi connectivity index (χ2n) is 3.49. The number of hydrogen-bond donors (Lipinski definition) is 1. The number of thioether (sulfide) groups is 1. The molecule has 1 heterocycles. The quantitative estimate of drug-likeness (QED) is 0.693. The van der Waals surface area contributed by atoms with Gasteiger partial charge in [-0.1, -0.05) is 41.4 Å². The van der Waals surface area contributed by atoms with E-state index < -0.39 is 0 Å². The van der Waals surface area contributed by atoms with Gasteiger partial charge in [-0.3, -0.25) is 0 Å². The van der Waals surface area contributed by atoms with Crippen molar-refractivity contribution >= 4 is 35.0 Å². The van der Waals surface area contributed by atoms with Crippen LogP contribution < -0.4 is 0 Å². The summed E-state index contributed by atoms with van der Waals surface area (Å²) in [6, 6.07) is 7.62. The molecule has 0 aliphatic carbocycles. The van der Waals surface area contributed by atoms with Gasteiger partial charge in [0.15, 0.2) is 0 Å². The Morgan fingerprint density at radius 1 is 1.17 bits per heavy atom. The lowest BCUT2D eigenvalue weighted by atomic mass is 10.2. The van der Waals surface area contributed by atoms with Gasteiger partial charge >= 0.3 is 0 Å². The summed E-state index contributed by atoms with van der Waals surface area (Å²) in [5, 5.41) is 10.9. The maximum absolute atomic E-state index is 9.25. The van der Waals surface area contributed by atoms with E-state index >= 15 is 0 Å². The van der Waals surface area contributed by atoms with E-state index in [2.05, 4.69) is 9.97 Å². The standard InChI is InChI=1S/C12H10Cl2N2OS/c13-10-4-2-1-3-8(10)6-18-12-9(5-17)11(14)15-7-16-12/h1-4,7,17H,5-6H2. The Hall–Kier alpha value is -0.810. The molecule has 0 atom stereocenters. The molecular weight excluding hydrogens is 291 g/mol. The summed E-state index contributed by atoms with van der Waals surface area (Å²) in [6.07, 6.45) is 1.39. The molecule has 6 heteroatoms. The average Bonchev–Trinajstić information content (AvgIpc) is 2.38. The van der Waals surface area contributed by atoms with Crippen LogP contribution in [0.2, 0.25) is 10.2 Å². The van der Waals surface area contributed by atoms with E-state index in [1.54, 1.807) is 0 Å². The maximum atomic E-state index is 9.25. The van der Waals surface area contributed by atoms with Gasteiger partial charge in [-0.2, -0.15) is 0 Å². The van der Waals surface area contributed by atoms with Gasteiger partial charge in [0.25, 0.3) is 0 Å². The van der Waals surface area contributed by atoms with E-state index in [9.17, 15) is 5.11 Å². The number of aliphatic hydroxyl groups excluding tert-OH is 1. The molecule has 0 bridgehead atoms. The van der Waals surface area contributed by atoms with Crippen LogP contribution in [0, 0.1) is 0 Å². The minimum absolute atomic E-state index is 0.176. The Labute approximate surface area is 119 Å². The Kier molecular flexibility index (Phi) is 4.83. The highest BCUT2D eigenvalue weighted by atomic mass is 35.5. The largest absolute Gasteiger partial charge is 0.391 e. The molecular formula is C12H10Cl2N2OS. The molecule has 1 aromatic heterocycles. The number of hydrogen-bond acceptors (Lipinski definition) is 4. The summed E-state index contributed by atoms with van der Waals surface area (Å²) in [7, 11) is 0. The third-order valence-electron chi connectivity index (χ3n) is 2.33. The highest BCUT2D eigenvalue weighted by molar-refractivity contribution is 7.98. The van der Waals surface area contributed by atoms with Crippen LogP contribution in [0.25, 0.3) is 0 Å². The molecule has 2 rings (SSSR count). The first-order chi connectivity index (χ1) is 8.72. The Morgan fingerprint density at radius 2 is 1.94 bits per heavy atom. The third kappa shape index (κ3) is 3.14. The van der Waals surface area contributed by atoms with Gasteiger partial charge in [0.1, 0.15) is 16.5 Å².